The number of hydrogen-bond donors (Lipinski definition) is 2. The van der Waals surface area contributed by atoms with Crippen LogP contribution in [-0.2, 0) is 24.5 Å². The van der Waals surface area contributed by atoms with Gasteiger partial charge in [-0.2, -0.15) is 0 Å². The number of Topliss-reactive ketones (excluding diaryl/α,β-unsaturated/α-hetero) is 1. The summed E-state index contributed by atoms with van der Waals surface area (Å²) in [6, 6.07) is 8.97. The van der Waals surface area contributed by atoms with Crippen molar-refractivity contribution in [3.05, 3.63) is 48.7 Å². The third-order valence-corrected chi connectivity index (χ3v) is 5.08. The lowest BCUT2D eigenvalue weighted by molar-refractivity contribution is -0.178. The van der Waals surface area contributed by atoms with Crippen molar-refractivity contribution < 1.29 is 19.1 Å². The van der Waals surface area contributed by atoms with Crippen LogP contribution in [0.1, 0.15) is 39.7 Å². The van der Waals surface area contributed by atoms with Gasteiger partial charge in [-0.15, -0.1) is 0 Å². The first kappa shape index (κ1) is 21.6. The first-order valence-corrected chi connectivity index (χ1v) is 9.26. The topological polar surface area (TPSA) is 102 Å². The summed E-state index contributed by atoms with van der Waals surface area (Å²) in [6.07, 6.45) is 1.56. The van der Waals surface area contributed by atoms with Crippen LogP contribution in [0.3, 0.4) is 0 Å². The molecule has 0 spiro atoms. The molecule has 1 heterocycles. The summed E-state index contributed by atoms with van der Waals surface area (Å²) in [5.74, 6) is -1.44. The molecule has 1 aromatic carbocycles. The molecule has 7 nitrogen and oxygen atoms in total. The van der Waals surface area contributed by atoms with E-state index in [4.69, 9.17) is 10.5 Å². The number of amides is 1. The Labute approximate surface area is 165 Å². The molecule has 2 atom stereocenters. The maximum atomic E-state index is 13.6. The molecule has 152 valence electrons. The van der Waals surface area contributed by atoms with Gasteiger partial charge in [-0.05, 0) is 45.9 Å². The van der Waals surface area contributed by atoms with Gasteiger partial charge >= 0.3 is 5.97 Å². The Morgan fingerprint density at radius 2 is 1.89 bits per heavy atom. The van der Waals surface area contributed by atoms with Crippen LogP contribution in [0.4, 0.5) is 0 Å². The Morgan fingerprint density at radius 3 is 2.36 bits per heavy atom. The van der Waals surface area contributed by atoms with Crippen LogP contribution in [0, 0.1) is 0 Å². The van der Waals surface area contributed by atoms with Crippen LogP contribution in [0.2, 0.25) is 0 Å². The predicted octanol–water partition coefficient (Wildman–Crippen LogP) is 1.48. The lowest BCUT2D eigenvalue weighted by Gasteiger charge is -2.47. The molecule has 1 saturated heterocycles. The maximum Gasteiger partial charge on any atom is 0.355 e. The largest absolute Gasteiger partial charge is 0.457 e. The van der Waals surface area contributed by atoms with Crippen molar-refractivity contribution >= 4 is 17.7 Å². The molecule has 0 aliphatic carbocycles. The minimum Gasteiger partial charge on any atom is -0.457 e. The molecule has 1 aliphatic heterocycles. The van der Waals surface area contributed by atoms with E-state index in [-0.39, 0.29) is 25.3 Å². The second kappa shape index (κ2) is 7.75. The summed E-state index contributed by atoms with van der Waals surface area (Å²) in [6.45, 7) is 10.2. The molecular weight excluding hydrogens is 358 g/mol. The number of likely N-dealkylation sites (tertiary alicyclic amines) is 1. The van der Waals surface area contributed by atoms with Gasteiger partial charge in [0, 0.05) is 6.54 Å². The van der Waals surface area contributed by atoms with Gasteiger partial charge in [0.2, 0.25) is 11.6 Å². The minimum atomic E-state index is -1.79. The van der Waals surface area contributed by atoms with E-state index >= 15 is 0 Å². The molecule has 1 fully saturated rings. The van der Waals surface area contributed by atoms with Crippen LogP contribution in [0.15, 0.2) is 43.1 Å². The number of ketones is 1. The molecule has 0 saturated carbocycles. The highest BCUT2D eigenvalue weighted by Gasteiger charge is 2.69. The SMILES string of the molecule is C=CNC1(C(=O)OC(C)(C)C)N(C(=O)CN)CCC1(C(C)=O)c1ccccc1. The summed E-state index contributed by atoms with van der Waals surface area (Å²) >= 11 is 0. The van der Waals surface area contributed by atoms with Crippen molar-refractivity contribution in [2.24, 2.45) is 5.73 Å². The smallest absolute Gasteiger partial charge is 0.355 e. The van der Waals surface area contributed by atoms with Crippen molar-refractivity contribution in [1.29, 1.82) is 0 Å². The number of hydrogen-bond acceptors (Lipinski definition) is 6. The summed E-state index contributed by atoms with van der Waals surface area (Å²) in [5.41, 5.74) is 2.27. The number of nitrogens with one attached hydrogen (secondary N) is 1. The van der Waals surface area contributed by atoms with Gasteiger partial charge < -0.3 is 20.7 Å². The number of nitrogens with zero attached hydrogens (tertiary/aromatic N) is 1. The number of carbonyl (C=O) groups is 3. The highest BCUT2D eigenvalue weighted by atomic mass is 16.6. The van der Waals surface area contributed by atoms with E-state index < -0.39 is 28.6 Å². The molecule has 1 aliphatic rings. The van der Waals surface area contributed by atoms with Crippen LogP contribution in [0.25, 0.3) is 0 Å². The van der Waals surface area contributed by atoms with Gasteiger partial charge in [-0.3, -0.25) is 9.59 Å². The van der Waals surface area contributed by atoms with Crippen molar-refractivity contribution in [3.8, 4) is 0 Å². The predicted molar refractivity (Wildman–Crippen MR) is 106 cm³/mol. The molecule has 1 aromatic rings. The highest BCUT2D eigenvalue weighted by molar-refractivity contribution is 6.02. The fraction of sp³-hybridized carbons (Fsp3) is 0.476. The second-order valence-corrected chi connectivity index (χ2v) is 7.89. The molecule has 1 amide bonds. The highest BCUT2D eigenvalue weighted by Crippen LogP contribution is 2.48. The second-order valence-electron chi connectivity index (χ2n) is 7.89. The first-order chi connectivity index (χ1) is 13.1. The molecule has 0 radical (unpaired) electrons. The Morgan fingerprint density at radius 1 is 1.29 bits per heavy atom. The van der Waals surface area contributed by atoms with Gasteiger partial charge in [-0.1, -0.05) is 36.9 Å². The molecular formula is C21H29N3O4. The summed E-state index contributed by atoms with van der Waals surface area (Å²) in [5, 5.41) is 2.93. The fourth-order valence-electron chi connectivity index (χ4n) is 4.03. The van der Waals surface area contributed by atoms with Gasteiger partial charge in [-0.25, -0.2) is 4.79 Å². The zero-order chi connectivity index (χ0) is 21.2. The maximum absolute atomic E-state index is 13.6. The Hall–Kier alpha value is -2.67. The monoisotopic (exact) mass is 387 g/mol. The normalized spacial score (nSPS) is 24.5. The quantitative estimate of drug-likeness (QED) is 0.717. The van der Waals surface area contributed by atoms with Gasteiger partial charge in [0.05, 0.1) is 6.54 Å². The zero-order valence-electron chi connectivity index (χ0n) is 17.0. The van der Waals surface area contributed by atoms with E-state index in [1.807, 2.05) is 6.07 Å². The number of esters is 1. The van der Waals surface area contributed by atoms with Gasteiger partial charge in [0.1, 0.15) is 16.8 Å². The summed E-state index contributed by atoms with van der Waals surface area (Å²) in [7, 11) is 0. The zero-order valence-corrected chi connectivity index (χ0v) is 17.0. The lowest BCUT2D eigenvalue weighted by atomic mass is 9.67. The van der Waals surface area contributed by atoms with Crippen molar-refractivity contribution in [1.82, 2.24) is 10.2 Å². The fourth-order valence-corrected chi connectivity index (χ4v) is 4.03. The average Bonchev–Trinajstić information content (AvgIpc) is 2.98. The standard InChI is InChI=1S/C21H29N3O4/c1-6-23-21(18(27)28-19(3,4)5)20(15(2)25,16-10-8-7-9-11-16)12-13-24(21)17(26)14-22/h6-11,23H,1,12-14,22H2,2-5H3. The Kier molecular flexibility index (Phi) is 5.99. The molecule has 7 heteroatoms. The number of rotatable bonds is 6. The third kappa shape index (κ3) is 3.30. The molecule has 28 heavy (non-hydrogen) atoms. The van der Waals surface area contributed by atoms with Crippen molar-refractivity contribution in [2.75, 3.05) is 13.1 Å². The minimum absolute atomic E-state index is 0.171. The van der Waals surface area contributed by atoms with E-state index in [1.165, 1.54) is 18.0 Å². The van der Waals surface area contributed by atoms with Gasteiger partial charge in [0.15, 0.2) is 0 Å². The van der Waals surface area contributed by atoms with Crippen LogP contribution >= 0.6 is 0 Å². The number of benzene rings is 1. The molecule has 2 rings (SSSR count). The van der Waals surface area contributed by atoms with Crippen LogP contribution in [0.5, 0.6) is 0 Å². The van der Waals surface area contributed by atoms with Gasteiger partial charge in [0.25, 0.3) is 0 Å². The number of carbonyl (C=O) groups excluding carboxylic acids is 3. The molecule has 0 aromatic heterocycles. The lowest BCUT2D eigenvalue weighted by Crippen LogP contribution is -2.73. The Bertz CT molecular complexity index is 772. The first-order valence-electron chi connectivity index (χ1n) is 9.26. The van der Waals surface area contributed by atoms with E-state index in [9.17, 15) is 14.4 Å². The van der Waals surface area contributed by atoms with E-state index in [2.05, 4.69) is 11.9 Å². The number of ether oxygens (including phenoxy) is 1. The Balaban J connectivity index is 2.84. The van der Waals surface area contributed by atoms with E-state index in [0.29, 0.717) is 5.56 Å². The number of nitrogens with two attached hydrogens (primary N) is 1. The van der Waals surface area contributed by atoms with Crippen LogP contribution in [-0.4, -0.2) is 46.9 Å². The van der Waals surface area contributed by atoms with Crippen molar-refractivity contribution in [2.45, 2.75) is 50.8 Å². The molecule has 2 unspecified atom stereocenters. The average molecular weight is 387 g/mol. The molecule has 0 bridgehead atoms. The van der Waals surface area contributed by atoms with Crippen molar-refractivity contribution in [3.63, 3.8) is 0 Å². The third-order valence-electron chi connectivity index (χ3n) is 5.08. The summed E-state index contributed by atoms with van der Waals surface area (Å²) in [4.78, 5) is 40.8. The summed E-state index contributed by atoms with van der Waals surface area (Å²) < 4.78 is 5.69. The van der Waals surface area contributed by atoms with E-state index in [0.717, 1.165) is 0 Å². The van der Waals surface area contributed by atoms with Crippen LogP contribution < -0.4 is 11.1 Å². The van der Waals surface area contributed by atoms with E-state index in [1.54, 1.807) is 45.0 Å². The molecule has 3 N–H and O–H groups in total.